The first-order valence-corrected chi connectivity index (χ1v) is 10.3. The summed E-state index contributed by atoms with van der Waals surface area (Å²) in [6.07, 6.45) is 6.58. The molecule has 7 heteroatoms. The van der Waals surface area contributed by atoms with Crippen LogP contribution in [0.2, 0.25) is 0 Å². The van der Waals surface area contributed by atoms with E-state index in [1.54, 1.807) is 23.7 Å². The maximum absolute atomic E-state index is 12.6. The van der Waals surface area contributed by atoms with Crippen LogP contribution in [-0.4, -0.2) is 64.9 Å². The molecule has 2 aromatic rings. The van der Waals surface area contributed by atoms with Gasteiger partial charge in [0, 0.05) is 57.6 Å². The van der Waals surface area contributed by atoms with E-state index < -0.39 is 0 Å². The molecule has 6 nitrogen and oxygen atoms in total. The van der Waals surface area contributed by atoms with Gasteiger partial charge in [-0.15, -0.1) is 0 Å². The zero-order chi connectivity index (χ0) is 17.8. The van der Waals surface area contributed by atoms with Crippen molar-refractivity contribution >= 4 is 23.2 Å². The summed E-state index contributed by atoms with van der Waals surface area (Å²) in [6.45, 7) is 5.08. The number of amides is 1. The molecule has 0 spiro atoms. The molecule has 1 amide bonds. The lowest BCUT2D eigenvalue weighted by Crippen LogP contribution is -2.49. The van der Waals surface area contributed by atoms with Gasteiger partial charge in [-0.2, -0.15) is 11.3 Å². The topological polar surface area (TPSA) is 52.6 Å². The van der Waals surface area contributed by atoms with Crippen LogP contribution < -0.4 is 4.90 Å². The number of likely N-dealkylation sites (tertiary alicyclic amines) is 1. The molecule has 138 valence electrons. The fourth-order valence-corrected chi connectivity index (χ4v) is 4.65. The number of thiophene rings is 1. The number of carbonyl (C=O) groups is 1. The van der Waals surface area contributed by atoms with Gasteiger partial charge in [-0.1, -0.05) is 0 Å². The average Bonchev–Trinajstić information content (AvgIpc) is 3.38. The largest absolute Gasteiger partial charge is 0.339 e. The third-order valence-corrected chi connectivity index (χ3v) is 6.07. The minimum Gasteiger partial charge on any atom is -0.339 e. The molecule has 2 aliphatic heterocycles. The molecule has 1 unspecified atom stereocenters. The third-order valence-electron chi connectivity index (χ3n) is 5.37. The Balaban J connectivity index is 1.26. The van der Waals surface area contributed by atoms with E-state index in [1.165, 1.54) is 18.4 Å². The van der Waals surface area contributed by atoms with Crippen LogP contribution in [0, 0.1) is 0 Å². The van der Waals surface area contributed by atoms with Gasteiger partial charge in [0.2, 0.25) is 11.9 Å². The smallest absolute Gasteiger partial charge is 0.225 e. The molecule has 4 rings (SSSR count). The normalized spacial score (nSPS) is 21.3. The van der Waals surface area contributed by atoms with Crippen molar-refractivity contribution in [3.63, 3.8) is 0 Å². The van der Waals surface area contributed by atoms with Crippen molar-refractivity contribution in [2.45, 2.75) is 25.3 Å². The molecule has 0 N–H and O–H groups in total. The molecule has 0 bridgehead atoms. The number of piperazine rings is 1. The molecule has 26 heavy (non-hydrogen) atoms. The van der Waals surface area contributed by atoms with Crippen molar-refractivity contribution in [1.82, 2.24) is 19.8 Å². The fraction of sp³-hybridized carbons (Fsp3) is 0.526. The van der Waals surface area contributed by atoms with Gasteiger partial charge < -0.3 is 9.80 Å². The highest BCUT2D eigenvalue weighted by Gasteiger charge is 2.28. The summed E-state index contributed by atoms with van der Waals surface area (Å²) in [7, 11) is 0. The number of hydrogen-bond acceptors (Lipinski definition) is 6. The molecule has 2 aromatic heterocycles. The summed E-state index contributed by atoms with van der Waals surface area (Å²) in [5.74, 6) is 1.03. The van der Waals surface area contributed by atoms with Gasteiger partial charge in [-0.3, -0.25) is 9.69 Å². The zero-order valence-electron chi connectivity index (χ0n) is 15.0. The molecule has 2 fully saturated rings. The Bertz CT molecular complexity index is 700. The van der Waals surface area contributed by atoms with Crippen molar-refractivity contribution < 1.29 is 4.79 Å². The number of carbonyl (C=O) groups excluding carboxylic acids is 1. The average molecular weight is 372 g/mol. The first-order valence-electron chi connectivity index (χ1n) is 9.37. The van der Waals surface area contributed by atoms with Crippen LogP contribution in [-0.2, 0) is 4.79 Å². The summed E-state index contributed by atoms with van der Waals surface area (Å²) in [6, 6.07) is 4.55. The number of aromatic nitrogens is 2. The highest BCUT2D eigenvalue weighted by atomic mass is 32.1. The Morgan fingerprint density at radius 2 is 1.96 bits per heavy atom. The van der Waals surface area contributed by atoms with Crippen LogP contribution >= 0.6 is 11.3 Å². The Kier molecular flexibility index (Phi) is 5.45. The van der Waals surface area contributed by atoms with E-state index >= 15 is 0 Å². The molecule has 0 saturated carbocycles. The van der Waals surface area contributed by atoms with E-state index in [2.05, 4.69) is 36.6 Å². The van der Waals surface area contributed by atoms with Crippen LogP contribution in [0.15, 0.2) is 35.3 Å². The summed E-state index contributed by atoms with van der Waals surface area (Å²) < 4.78 is 0. The molecule has 0 radical (unpaired) electrons. The third kappa shape index (κ3) is 3.88. The van der Waals surface area contributed by atoms with E-state index in [0.717, 1.165) is 45.2 Å². The Morgan fingerprint density at radius 1 is 1.15 bits per heavy atom. The van der Waals surface area contributed by atoms with Gasteiger partial charge in [-0.05, 0) is 47.8 Å². The molecule has 4 heterocycles. The van der Waals surface area contributed by atoms with Crippen molar-refractivity contribution in [1.29, 1.82) is 0 Å². The predicted octanol–water partition coefficient (Wildman–Crippen LogP) is 2.41. The summed E-state index contributed by atoms with van der Waals surface area (Å²) in [5, 5.41) is 4.39. The van der Waals surface area contributed by atoms with E-state index in [1.807, 2.05) is 11.0 Å². The Labute approximate surface area is 158 Å². The van der Waals surface area contributed by atoms with Gasteiger partial charge >= 0.3 is 0 Å². The number of hydrogen-bond donors (Lipinski definition) is 0. The number of rotatable bonds is 5. The molecule has 0 aliphatic carbocycles. The lowest BCUT2D eigenvalue weighted by molar-refractivity contribution is -0.131. The number of nitrogens with zero attached hydrogens (tertiary/aromatic N) is 5. The Hall–Kier alpha value is -1.99. The molecule has 1 atom stereocenters. The van der Waals surface area contributed by atoms with E-state index in [0.29, 0.717) is 12.5 Å². The monoisotopic (exact) mass is 371 g/mol. The first-order chi connectivity index (χ1) is 12.8. The van der Waals surface area contributed by atoms with Gasteiger partial charge in [0.1, 0.15) is 0 Å². The van der Waals surface area contributed by atoms with Crippen molar-refractivity contribution in [2.75, 3.05) is 44.2 Å². The second-order valence-electron chi connectivity index (χ2n) is 6.92. The van der Waals surface area contributed by atoms with Crippen LogP contribution in [0.1, 0.15) is 30.9 Å². The van der Waals surface area contributed by atoms with Crippen molar-refractivity contribution in [3.05, 3.63) is 40.8 Å². The summed E-state index contributed by atoms with van der Waals surface area (Å²) >= 11 is 1.76. The minimum absolute atomic E-state index is 0.273. The lowest BCUT2D eigenvalue weighted by Gasteiger charge is -2.35. The van der Waals surface area contributed by atoms with E-state index in [9.17, 15) is 4.79 Å². The van der Waals surface area contributed by atoms with Crippen LogP contribution in [0.5, 0.6) is 0 Å². The zero-order valence-corrected chi connectivity index (χ0v) is 15.8. The van der Waals surface area contributed by atoms with Gasteiger partial charge in [-0.25, -0.2) is 9.97 Å². The van der Waals surface area contributed by atoms with Gasteiger partial charge in [0.15, 0.2) is 0 Å². The highest BCUT2D eigenvalue weighted by Crippen LogP contribution is 2.33. The van der Waals surface area contributed by atoms with Crippen molar-refractivity contribution in [3.8, 4) is 0 Å². The predicted molar refractivity (Wildman–Crippen MR) is 103 cm³/mol. The lowest BCUT2D eigenvalue weighted by atomic mass is 10.1. The molecular formula is C19H25N5OS. The Morgan fingerprint density at radius 3 is 2.69 bits per heavy atom. The van der Waals surface area contributed by atoms with Gasteiger partial charge in [0.25, 0.3) is 0 Å². The summed E-state index contributed by atoms with van der Waals surface area (Å²) in [5.41, 5.74) is 1.41. The van der Waals surface area contributed by atoms with Gasteiger partial charge in [0.05, 0.1) is 0 Å². The van der Waals surface area contributed by atoms with Crippen molar-refractivity contribution in [2.24, 2.45) is 0 Å². The molecular weight excluding hydrogens is 346 g/mol. The fourth-order valence-electron chi connectivity index (χ4n) is 3.94. The van der Waals surface area contributed by atoms with Crippen LogP contribution in [0.25, 0.3) is 0 Å². The maximum Gasteiger partial charge on any atom is 0.225 e. The standard InChI is InChI=1S/C19H25N5OS/c25-18(4-9-22-8-1-3-17(22)16-5-14-26-15-16)23-10-12-24(13-11-23)19-20-6-2-7-21-19/h2,5-7,14-15,17H,1,3-4,8-13H2. The van der Waals surface area contributed by atoms with E-state index in [4.69, 9.17) is 0 Å². The van der Waals surface area contributed by atoms with Crippen LogP contribution in [0.3, 0.4) is 0 Å². The maximum atomic E-state index is 12.6. The molecule has 0 aromatic carbocycles. The molecule has 2 aliphatic rings. The van der Waals surface area contributed by atoms with Crippen LogP contribution in [0.4, 0.5) is 5.95 Å². The second kappa shape index (κ2) is 8.14. The second-order valence-corrected chi connectivity index (χ2v) is 7.70. The highest BCUT2D eigenvalue weighted by molar-refractivity contribution is 7.07. The minimum atomic E-state index is 0.273. The van der Waals surface area contributed by atoms with E-state index in [-0.39, 0.29) is 5.91 Å². The summed E-state index contributed by atoms with van der Waals surface area (Å²) in [4.78, 5) is 27.9. The SMILES string of the molecule is O=C(CCN1CCCC1c1ccsc1)N1CCN(c2ncccn2)CC1. The first kappa shape index (κ1) is 17.4. The molecule has 2 saturated heterocycles. The quantitative estimate of drug-likeness (QED) is 0.808. The number of anilines is 1.